The summed E-state index contributed by atoms with van der Waals surface area (Å²) >= 11 is 0. The summed E-state index contributed by atoms with van der Waals surface area (Å²) in [7, 11) is -0.915. The van der Waals surface area contributed by atoms with Gasteiger partial charge < -0.3 is 15.7 Å². The molecule has 0 aromatic rings. The minimum absolute atomic E-state index is 0.0108. The first kappa shape index (κ1) is 17.9. The zero-order valence-electron chi connectivity index (χ0n) is 12.8. The first-order valence-electron chi connectivity index (χ1n) is 7.49. The first-order chi connectivity index (χ1) is 9.87. The molecule has 0 bridgehead atoms. The van der Waals surface area contributed by atoms with Crippen LogP contribution in [0.3, 0.4) is 0 Å². The van der Waals surface area contributed by atoms with Crippen molar-refractivity contribution in [1.82, 2.24) is 10.6 Å². The lowest BCUT2D eigenvalue weighted by atomic mass is 9.90. The van der Waals surface area contributed by atoms with Gasteiger partial charge in [0, 0.05) is 28.9 Å². The number of rotatable bonds is 6. The summed E-state index contributed by atoms with van der Waals surface area (Å²) in [6.45, 7) is 2.25. The predicted molar refractivity (Wildman–Crippen MR) is 82.7 cm³/mol. The lowest BCUT2D eigenvalue weighted by molar-refractivity contribution is -0.145. The Bertz CT molecular complexity index is 392. The van der Waals surface area contributed by atoms with Crippen LogP contribution in [0, 0.1) is 0 Å². The van der Waals surface area contributed by atoms with E-state index in [1.807, 2.05) is 6.92 Å². The van der Waals surface area contributed by atoms with E-state index in [4.69, 9.17) is 0 Å². The molecule has 2 unspecified atom stereocenters. The molecule has 3 N–H and O–H groups in total. The molecule has 0 spiro atoms. The monoisotopic (exact) mass is 318 g/mol. The van der Waals surface area contributed by atoms with E-state index in [1.54, 1.807) is 6.26 Å². The Kier molecular flexibility index (Phi) is 7.14. The van der Waals surface area contributed by atoms with E-state index < -0.39 is 28.3 Å². The van der Waals surface area contributed by atoms with Gasteiger partial charge in [0.15, 0.2) is 0 Å². The Morgan fingerprint density at radius 3 is 2.29 bits per heavy atom. The number of nitrogens with one attached hydrogen (secondary N) is 2. The average Bonchev–Trinajstić information content (AvgIpc) is 2.65. The topological polar surface area (TPSA) is 95.5 Å². The maximum atomic E-state index is 11.9. The molecule has 21 heavy (non-hydrogen) atoms. The zero-order chi connectivity index (χ0) is 15.9. The van der Waals surface area contributed by atoms with Crippen molar-refractivity contribution in [2.24, 2.45) is 0 Å². The molecule has 0 aromatic heterocycles. The first-order valence-corrected chi connectivity index (χ1v) is 9.11. The van der Waals surface area contributed by atoms with Gasteiger partial charge in [-0.2, -0.15) is 0 Å². The largest absolute Gasteiger partial charge is 0.480 e. The van der Waals surface area contributed by atoms with E-state index in [-0.39, 0.29) is 5.25 Å². The summed E-state index contributed by atoms with van der Waals surface area (Å²) in [6.07, 6.45) is 6.86. The van der Waals surface area contributed by atoms with Gasteiger partial charge in [0.25, 0.3) is 0 Å². The second kappa shape index (κ2) is 8.36. The van der Waals surface area contributed by atoms with Crippen molar-refractivity contribution >= 4 is 22.8 Å². The van der Waals surface area contributed by atoms with E-state index in [9.17, 15) is 18.9 Å². The molecule has 1 saturated carbocycles. The second-order valence-electron chi connectivity index (χ2n) is 5.78. The summed E-state index contributed by atoms with van der Waals surface area (Å²) in [5, 5.41) is 14.8. The van der Waals surface area contributed by atoms with E-state index in [2.05, 4.69) is 10.6 Å². The summed E-state index contributed by atoms with van der Waals surface area (Å²) in [5.41, 5.74) is -1.14. The molecule has 0 aliphatic heterocycles. The molecule has 1 aliphatic rings. The maximum Gasteiger partial charge on any atom is 0.329 e. The van der Waals surface area contributed by atoms with Crippen LogP contribution < -0.4 is 10.6 Å². The Labute approximate surface area is 128 Å². The van der Waals surface area contributed by atoms with Crippen LogP contribution in [0.25, 0.3) is 0 Å². The third kappa shape index (κ3) is 5.65. The summed E-state index contributed by atoms with van der Waals surface area (Å²) in [4.78, 5) is 23.5. The predicted octanol–water partition coefficient (Wildman–Crippen LogP) is 1.62. The highest BCUT2D eigenvalue weighted by Gasteiger charge is 2.39. The van der Waals surface area contributed by atoms with Crippen molar-refractivity contribution in [3.8, 4) is 0 Å². The van der Waals surface area contributed by atoms with Crippen molar-refractivity contribution in [2.45, 2.75) is 62.7 Å². The van der Waals surface area contributed by atoms with Crippen LogP contribution in [-0.2, 0) is 15.6 Å². The Hall–Kier alpha value is -1.11. The van der Waals surface area contributed by atoms with Crippen LogP contribution in [0.2, 0.25) is 0 Å². The zero-order valence-corrected chi connectivity index (χ0v) is 13.6. The van der Waals surface area contributed by atoms with Gasteiger partial charge in [-0.15, -0.1) is 0 Å². The van der Waals surface area contributed by atoms with Gasteiger partial charge in [-0.05, 0) is 19.3 Å². The van der Waals surface area contributed by atoms with Crippen LogP contribution >= 0.6 is 0 Å². The molecule has 0 aromatic carbocycles. The van der Waals surface area contributed by atoms with Crippen LogP contribution in [0.1, 0.15) is 51.9 Å². The van der Waals surface area contributed by atoms with Gasteiger partial charge in [0.05, 0.1) is 0 Å². The van der Waals surface area contributed by atoms with Gasteiger partial charge in [0.2, 0.25) is 0 Å². The average molecular weight is 318 g/mol. The fourth-order valence-corrected chi connectivity index (χ4v) is 2.99. The standard InChI is InChI=1S/C14H26N2O4S/c1-11(21(2)20)7-10-15-13(19)16-14(12(17)18)8-5-3-4-6-9-14/h11H,3-10H2,1-2H3,(H,17,18)(H2,15,16,19). The second-order valence-corrected chi connectivity index (χ2v) is 7.58. The van der Waals surface area contributed by atoms with Crippen LogP contribution in [-0.4, -0.2) is 44.9 Å². The van der Waals surface area contributed by atoms with Gasteiger partial charge in [-0.1, -0.05) is 32.6 Å². The van der Waals surface area contributed by atoms with Crippen molar-refractivity contribution in [3.05, 3.63) is 0 Å². The van der Waals surface area contributed by atoms with Crippen LogP contribution in [0.15, 0.2) is 0 Å². The summed E-state index contributed by atoms with van der Waals surface area (Å²) < 4.78 is 11.2. The summed E-state index contributed by atoms with van der Waals surface area (Å²) in [5.74, 6) is -0.956. The Balaban J connectivity index is 2.49. The highest BCUT2D eigenvalue weighted by atomic mass is 32.2. The molecule has 2 atom stereocenters. The lowest BCUT2D eigenvalue weighted by Gasteiger charge is -2.29. The Morgan fingerprint density at radius 2 is 1.81 bits per heavy atom. The molecular formula is C14H26N2O4S. The number of hydrogen-bond donors (Lipinski definition) is 3. The fraction of sp³-hybridized carbons (Fsp3) is 0.857. The molecule has 2 amide bonds. The third-order valence-electron chi connectivity index (χ3n) is 4.12. The highest BCUT2D eigenvalue weighted by molar-refractivity contribution is 7.84. The van der Waals surface area contributed by atoms with Crippen LogP contribution in [0.4, 0.5) is 4.79 Å². The number of hydrogen-bond acceptors (Lipinski definition) is 3. The molecule has 122 valence electrons. The SMILES string of the molecule is CC(CCNC(=O)NC1(C(=O)O)CCCCCC1)S(C)=O. The Morgan fingerprint density at radius 1 is 1.24 bits per heavy atom. The minimum atomic E-state index is -1.14. The van der Waals surface area contributed by atoms with Gasteiger partial charge in [-0.25, -0.2) is 9.59 Å². The quantitative estimate of drug-likeness (QED) is 0.649. The van der Waals surface area contributed by atoms with E-state index in [0.717, 1.165) is 25.7 Å². The normalized spacial score (nSPS) is 20.9. The molecular weight excluding hydrogens is 292 g/mol. The van der Waals surface area contributed by atoms with Gasteiger partial charge in [-0.3, -0.25) is 4.21 Å². The van der Waals surface area contributed by atoms with Gasteiger partial charge in [0.1, 0.15) is 5.54 Å². The number of carboxylic acid groups (broad SMARTS) is 1. The van der Waals surface area contributed by atoms with Crippen molar-refractivity contribution in [1.29, 1.82) is 0 Å². The van der Waals surface area contributed by atoms with Gasteiger partial charge >= 0.3 is 12.0 Å². The van der Waals surface area contributed by atoms with E-state index in [0.29, 0.717) is 25.8 Å². The smallest absolute Gasteiger partial charge is 0.329 e. The number of amides is 2. The van der Waals surface area contributed by atoms with Crippen LogP contribution in [0.5, 0.6) is 0 Å². The third-order valence-corrected chi connectivity index (χ3v) is 5.49. The maximum absolute atomic E-state index is 11.9. The van der Waals surface area contributed by atoms with Crippen molar-refractivity contribution in [2.75, 3.05) is 12.8 Å². The molecule has 0 heterocycles. The minimum Gasteiger partial charge on any atom is -0.480 e. The number of carbonyl (C=O) groups excluding carboxylic acids is 1. The highest BCUT2D eigenvalue weighted by Crippen LogP contribution is 2.27. The molecule has 1 fully saturated rings. The molecule has 1 aliphatic carbocycles. The lowest BCUT2D eigenvalue weighted by Crippen LogP contribution is -2.57. The van der Waals surface area contributed by atoms with Crippen molar-refractivity contribution in [3.63, 3.8) is 0 Å². The summed E-state index contributed by atoms with van der Waals surface area (Å²) in [6, 6.07) is -0.451. The molecule has 7 heteroatoms. The molecule has 6 nitrogen and oxygen atoms in total. The number of carboxylic acids is 1. The molecule has 1 rings (SSSR count). The van der Waals surface area contributed by atoms with E-state index >= 15 is 0 Å². The molecule has 0 saturated heterocycles. The molecule has 0 radical (unpaired) electrons. The van der Waals surface area contributed by atoms with E-state index in [1.165, 1.54) is 0 Å². The number of carbonyl (C=O) groups is 2. The number of aliphatic carboxylic acids is 1. The van der Waals surface area contributed by atoms with Crippen molar-refractivity contribution < 1.29 is 18.9 Å². The fourth-order valence-electron chi connectivity index (χ4n) is 2.54. The number of urea groups is 1.